The van der Waals surface area contributed by atoms with E-state index in [2.05, 4.69) is 10.1 Å². The molecule has 2 aromatic heterocycles. The van der Waals surface area contributed by atoms with Gasteiger partial charge in [-0.25, -0.2) is 18.2 Å². The van der Waals surface area contributed by atoms with Crippen molar-refractivity contribution >= 4 is 5.91 Å². The minimum atomic E-state index is -0.992. The predicted molar refractivity (Wildman–Crippen MR) is 91.9 cm³/mol. The molecule has 0 fully saturated rings. The highest BCUT2D eigenvalue weighted by Crippen LogP contribution is 2.19. The van der Waals surface area contributed by atoms with Crippen LogP contribution in [-0.4, -0.2) is 32.1 Å². The Morgan fingerprint density at radius 3 is 2.75 bits per heavy atom. The zero-order chi connectivity index (χ0) is 19.7. The van der Waals surface area contributed by atoms with Crippen LogP contribution in [0.3, 0.4) is 0 Å². The first kappa shape index (κ1) is 18.0. The number of benzene rings is 1. The number of halogens is 3. The highest BCUT2D eigenvalue weighted by atomic mass is 19.1. The van der Waals surface area contributed by atoms with Crippen molar-refractivity contribution in [3.05, 3.63) is 77.1 Å². The van der Waals surface area contributed by atoms with Gasteiger partial charge in [-0.1, -0.05) is 6.07 Å². The van der Waals surface area contributed by atoms with Gasteiger partial charge in [-0.2, -0.15) is 5.10 Å². The fraction of sp³-hybridized carbons (Fsp3) is 0.211. The van der Waals surface area contributed by atoms with E-state index in [0.717, 1.165) is 11.9 Å². The van der Waals surface area contributed by atoms with Gasteiger partial charge in [0, 0.05) is 18.7 Å². The lowest BCUT2D eigenvalue weighted by atomic mass is 10.2. The molecule has 0 saturated heterocycles. The molecule has 0 atom stereocenters. The average Bonchev–Trinajstić information content (AvgIpc) is 3.08. The summed E-state index contributed by atoms with van der Waals surface area (Å²) in [7, 11) is 0. The monoisotopic (exact) mass is 388 g/mol. The van der Waals surface area contributed by atoms with Crippen molar-refractivity contribution in [1.29, 1.82) is 0 Å². The van der Waals surface area contributed by atoms with Gasteiger partial charge in [0.05, 0.1) is 25.0 Å². The number of pyridine rings is 1. The average molecular weight is 388 g/mol. The molecule has 0 radical (unpaired) electrons. The number of fused-ring (bicyclic) bond motifs is 1. The van der Waals surface area contributed by atoms with Gasteiger partial charge in [-0.05, 0) is 18.2 Å². The van der Waals surface area contributed by atoms with Crippen LogP contribution in [0.25, 0.3) is 0 Å². The van der Waals surface area contributed by atoms with Crippen LogP contribution in [0, 0.1) is 17.5 Å². The van der Waals surface area contributed by atoms with Crippen LogP contribution in [0.4, 0.5) is 13.2 Å². The Bertz CT molecular complexity index is 1040. The van der Waals surface area contributed by atoms with Crippen LogP contribution in [0.15, 0.2) is 42.6 Å². The van der Waals surface area contributed by atoms with Gasteiger partial charge in [0.1, 0.15) is 29.7 Å². The molecule has 3 aromatic rings. The van der Waals surface area contributed by atoms with Gasteiger partial charge < -0.3 is 9.64 Å². The SMILES string of the molecule is O=C(c1ncc(F)cc1F)N1CCn2nc(COc3cccc(F)c3)cc2C1. The Morgan fingerprint density at radius 2 is 1.96 bits per heavy atom. The lowest BCUT2D eigenvalue weighted by molar-refractivity contribution is 0.0694. The number of rotatable bonds is 4. The number of nitrogens with zero attached hydrogens (tertiary/aromatic N) is 4. The number of carbonyl (C=O) groups is 1. The van der Waals surface area contributed by atoms with Crippen molar-refractivity contribution in [3.8, 4) is 5.75 Å². The lowest BCUT2D eigenvalue weighted by Gasteiger charge is -2.27. The molecule has 9 heteroatoms. The lowest BCUT2D eigenvalue weighted by Crippen LogP contribution is -2.39. The molecular formula is C19H15F3N4O2. The Morgan fingerprint density at radius 1 is 1.11 bits per heavy atom. The van der Waals surface area contributed by atoms with Gasteiger partial charge in [0.2, 0.25) is 0 Å². The Labute approximate surface area is 158 Å². The van der Waals surface area contributed by atoms with Crippen molar-refractivity contribution in [2.75, 3.05) is 6.54 Å². The number of carbonyl (C=O) groups excluding carboxylic acids is 1. The van der Waals surface area contributed by atoms with Crippen LogP contribution in [0.5, 0.6) is 5.75 Å². The van der Waals surface area contributed by atoms with Gasteiger partial charge in [-0.15, -0.1) is 0 Å². The number of aromatic nitrogens is 3. The van der Waals surface area contributed by atoms with E-state index >= 15 is 0 Å². The second kappa shape index (κ2) is 7.34. The number of ether oxygens (including phenoxy) is 1. The van der Waals surface area contributed by atoms with Crippen molar-refractivity contribution in [1.82, 2.24) is 19.7 Å². The van der Waals surface area contributed by atoms with E-state index in [4.69, 9.17) is 4.74 Å². The molecule has 1 aliphatic heterocycles. The van der Waals surface area contributed by atoms with Crippen LogP contribution in [0.1, 0.15) is 21.9 Å². The molecule has 28 heavy (non-hydrogen) atoms. The van der Waals surface area contributed by atoms with E-state index in [-0.39, 0.29) is 13.2 Å². The van der Waals surface area contributed by atoms with E-state index in [0.29, 0.717) is 30.6 Å². The van der Waals surface area contributed by atoms with Gasteiger partial charge in [-0.3, -0.25) is 9.48 Å². The van der Waals surface area contributed by atoms with Crippen molar-refractivity contribution in [2.24, 2.45) is 0 Å². The molecule has 1 aliphatic rings. The Balaban J connectivity index is 1.45. The maximum Gasteiger partial charge on any atom is 0.275 e. The standard InChI is InChI=1S/C19H15F3N4O2/c20-12-2-1-3-16(6-12)28-11-14-8-15-10-25(4-5-26(15)24-14)19(27)18-17(22)7-13(21)9-23-18/h1-3,6-9H,4-5,10-11H2. The maximum atomic E-state index is 13.8. The third-order valence-electron chi connectivity index (χ3n) is 4.33. The molecule has 3 heterocycles. The summed E-state index contributed by atoms with van der Waals surface area (Å²) in [6.45, 7) is 1.09. The Kier molecular flexibility index (Phi) is 4.72. The zero-order valence-corrected chi connectivity index (χ0v) is 14.6. The zero-order valence-electron chi connectivity index (χ0n) is 14.6. The smallest absolute Gasteiger partial charge is 0.275 e. The van der Waals surface area contributed by atoms with Crippen LogP contribution in [-0.2, 0) is 19.7 Å². The van der Waals surface area contributed by atoms with Crippen molar-refractivity contribution in [3.63, 3.8) is 0 Å². The number of amides is 1. The summed E-state index contributed by atoms with van der Waals surface area (Å²) in [5.74, 6) is -2.44. The predicted octanol–water partition coefficient (Wildman–Crippen LogP) is 2.93. The molecule has 0 N–H and O–H groups in total. The second-order valence-corrected chi connectivity index (χ2v) is 6.31. The summed E-state index contributed by atoms with van der Waals surface area (Å²) in [4.78, 5) is 17.5. The first-order chi connectivity index (χ1) is 13.5. The van der Waals surface area contributed by atoms with Gasteiger partial charge in [0.15, 0.2) is 11.5 Å². The quantitative estimate of drug-likeness (QED) is 0.690. The number of hydrogen-bond acceptors (Lipinski definition) is 4. The molecule has 6 nitrogen and oxygen atoms in total. The molecular weight excluding hydrogens is 373 g/mol. The summed E-state index contributed by atoms with van der Waals surface area (Å²) in [6.07, 6.45) is 0.812. The molecule has 0 saturated carbocycles. The van der Waals surface area contributed by atoms with E-state index in [1.165, 1.54) is 17.0 Å². The van der Waals surface area contributed by atoms with Crippen molar-refractivity contribution in [2.45, 2.75) is 19.7 Å². The van der Waals surface area contributed by atoms with Crippen LogP contribution in [0.2, 0.25) is 0 Å². The fourth-order valence-electron chi connectivity index (χ4n) is 3.01. The summed E-state index contributed by atoms with van der Waals surface area (Å²) in [5, 5.41) is 4.40. The summed E-state index contributed by atoms with van der Waals surface area (Å²) < 4.78 is 47.3. The third-order valence-corrected chi connectivity index (χ3v) is 4.33. The number of hydrogen-bond donors (Lipinski definition) is 0. The molecule has 0 unspecified atom stereocenters. The van der Waals surface area contributed by atoms with Crippen LogP contribution < -0.4 is 4.74 Å². The third kappa shape index (κ3) is 3.68. The summed E-state index contributed by atoms with van der Waals surface area (Å²) in [5.41, 5.74) is 0.962. The minimum Gasteiger partial charge on any atom is -0.487 e. The van der Waals surface area contributed by atoms with Crippen LogP contribution >= 0.6 is 0 Å². The molecule has 4 rings (SSSR count). The van der Waals surface area contributed by atoms with E-state index in [9.17, 15) is 18.0 Å². The molecule has 0 bridgehead atoms. The largest absolute Gasteiger partial charge is 0.487 e. The van der Waals surface area contributed by atoms with E-state index in [1.54, 1.807) is 22.9 Å². The van der Waals surface area contributed by atoms with E-state index in [1.807, 2.05) is 0 Å². The molecule has 144 valence electrons. The Hall–Kier alpha value is -3.36. The maximum absolute atomic E-state index is 13.8. The van der Waals surface area contributed by atoms with E-state index < -0.39 is 29.1 Å². The van der Waals surface area contributed by atoms with Crippen molar-refractivity contribution < 1.29 is 22.7 Å². The fourth-order valence-corrected chi connectivity index (χ4v) is 3.01. The first-order valence-corrected chi connectivity index (χ1v) is 8.54. The summed E-state index contributed by atoms with van der Waals surface area (Å²) in [6, 6.07) is 8.20. The molecule has 1 amide bonds. The second-order valence-electron chi connectivity index (χ2n) is 6.31. The summed E-state index contributed by atoms with van der Waals surface area (Å²) >= 11 is 0. The molecule has 1 aromatic carbocycles. The van der Waals surface area contributed by atoms with Gasteiger partial charge >= 0.3 is 0 Å². The highest BCUT2D eigenvalue weighted by Gasteiger charge is 2.26. The topological polar surface area (TPSA) is 60.2 Å². The highest BCUT2D eigenvalue weighted by molar-refractivity contribution is 5.92. The molecule has 0 spiro atoms. The molecule has 0 aliphatic carbocycles. The minimum absolute atomic E-state index is 0.144. The van der Waals surface area contributed by atoms with Gasteiger partial charge in [0.25, 0.3) is 5.91 Å². The normalized spacial score (nSPS) is 13.3. The first-order valence-electron chi connectivity index (χ1n) is 8.54.